The van der Waals surface area contributed by atoms with Gasteiger partial charge in [-0.3, -0.25) is 14.6 Å². The van der Waals surface area contributed by atoms with Gasteiger partial charge in [-0.1, -0.05) is 30.3 Å². The van der Waals surface area contributed by atoms with E-state index in [0.717, 1.165) is 46.1 Å². The Kier molecular flexibility index (Phi) is 5.30. The second-order valence-electron chi connectivity index (χ2n) is 7.76. The topological polar surface area (TPSA) is 62.3 Å². The van der Waals surface area contributed by atoms with Crippen LogP contribution in [-0.4, -0.2) is 34.8 Å². The normalized spacial score (nSPS) is 16.6. The molecule has 2 aromatic carbocycles. The molecule has 2 heterocycles. The number of likely N-dealkylation sites (tertiary alicyclic amines) is 1. The molecule has 1 N–H and O–H groups in total. The van der Waals surface area contributed by atoms with Crippen LogP contribution in [0.4, 0.5) is 5.69 Å². The third kappa shape index (κ3) is 3.99. The van der Waals surface area contributed by atoms with Crippen molar-refractivity contribution in [2.75, 3.05) is 18.4 Å². The SMILES string of the molecule is Cc1cccc(C)c1C(=O)N1CCC[C@H](C(=O)Nc2ccc3cccnc3c2)C1. The van der Waals surface area contributed by atoms with Gasteiger partial charge in [-0.15, -0.1) is 0 Å². The molecule has 5 nitrogen and oxygen atoms in total. The lowest BCUT2D eigenvalue weighted by Gasteiger charge is -2.32. The molecule has 0 spiro atoms. The van der Waals surface area contributed by atoms with Crippen LogP contribution < -0.4 is 5.32 Å². The number of nitrogens with zero attached hydrogens (tertiary/aromatic N) is 2. The van der Waals surface area contributed by atoms with Crippen LogP contribution in [0.3, 0.4) is 0 Å². The highest BCUT2D eigenvalue weighted by Crippen LogP contribution is 2.24. The number of aromatic nitrogens is 1. The minimum absolute atomic E-state index is 0.0213. The Hall–Kier alpha value is -3.21. The van der Waals surface area contributed by atoms with Gasteiger partial charge >= 0.3 is 0 Å². The molecule has 1 aliphatic rings. The van der Waals surface area contributed by atoms with Crippen LogP contribution in [0.15, 0.2) is 54.7 Å². The molecule has 1 saturated heterocycles. The summed E-state index contributed by atoms with van der Waals surface area (Å²) in [6.45, 7) is 5.06. The highest BCUT2D eigenvalue weighted by molar-refractivity contribution is 5.98. The first kappa shape index (κ1) is 19.1. The first-order valence-corrected chi connectivity index (χ1v) is 10.0. The molecule has 0 radical (unpaired) electrons. The number of anilines is 1. The van der Waals surface area contributed by atoms with E-state index >= 15 is 0 Å². The van der Waals surface area contributed by atoms with E-state index in [-0.39, 0.29) is 17.7 Å². The number of fused-ring (bicyclic) bond motifs is 1. The van der Waals surface area contributed by atoms with Gasteiger partial charge in [0, 0.05) is 35.9 Å². The van der Waals surface area contributed by atoms with Gasteiger partial charge in [-0.2, -0.15) is 0 Å². The molecular weight excluding hydrogens is 362 g/mol. The van der Waals surface area contributed by atoms with E-state index in [4.69, 9.17) is 0 Å². The van der Waals surface area contributed by atoms with Crippen LogP contribution >= 0.6 is 0 Å². The molecule has 0 aliphatic carbocycles. The van der Waals surface area contributed by atoms with Gasteiger partial charge in [-0.25, -0.2) is 0 Å². The molecule has 1 fully saturated rings. The van der Waals surface area contributed by atoms with Gasteiger partial charge in [0.05, 0.1) is 11.4 Å². The Morgan fingerprint density at radius 1 is 1.07 bits per heavy atom. The lowest BCUT2D eigenvalue weighted by Crippen LogP contribution is -2.44. The molecule has 1 atom stereocenters. The predicted octanol–water partition coefficient (Wildman–Crippen LogP) is 4.34. The van der Waals surface area contributed by atoms with Gasteiger partial charge < -0.3 is 10.2 Å². The second kappa shape index (κ2) is 8.03. The molecule has 1 aromatic heterocycles. The summed E-state index contributed by atoms with van der Waals surface area (Å²) in [7, 11) is 0. The monoisotopic (exact) mass is 387 g/mol. The Morgan fingerprint density at radius 2 is 1.86 bits per heavy atom. The van der Waals surface area contributed by atoms with Crippen molar-refractivity contribution in [3.8, 4) is 0 Å². The molecule has 0 bridgehead atoms. The average molecular weight is 387 g/mol. The molecule has 148 valence electrons. The van der Waals surface area contributed by atoms with Crippen LogP contribution in [0.25, 0.3) is 10.9 Å². The van der Waals surface area contributed by atoms with Gasteiger partial charge in [0.25, 0.3) is 5.91 Å². The molecule has 1 aliphatic heterocycles. The van der Waals surface area contributed by atoms with Crippen LogP contribution in [0, 0.1) is 19.8 Å². The van der Waals surface area contributed by atoms with Gasteiger partial charge in [0.2, 0.25) is 5.91 Å². The smallest absolute Gasteiger partial charge is 0.254 e. The number of hydrogen-bond donors (Lipinski definition) is 1. The molecule has 4 rings (SSSR count). The molecule has 2 amide bonds. The quantitative estimate of drug-likeness (QED) is 0.727. The number of amides is 2. The van der Waals surface area contributed by atoms with Crippen molar-refractivity contribution in [2.24, 2.45) is 5.92 Å². The molecule has 29 heavy (non-hydrogen) atoms. The number of hydrogen-bond acceptors (Lipinski definition) is 3. The third-order valence-corrected chi connectivity index (χ3v) is 5.65. The largest absolute Gasteiger partial charge is 0.338 e. The number of piperidine rings is 1. The zero-order valence-corrected chi connectivity index (χ0v) is 16.8. The first-order valence-electron chi connectivity index (χ1n) is 10.0. The minimum atomic E-state index is -0.212. The summed E-state index contributed by atoms with van der Waals surface area (Å²) in [5.41, 5.74) is 4.30. The Balaban J connectivity index is 1.47. The van der Waals surface area contributed by atoms with Crippen LogP contribution in [0.1, 0.15) is 34.3 Å². The van der Waals surface area contributed by atoms with E-state index in [1.54, 1.807) is 6.20 Å². The summed E-state index contributed by atoms with van der Waals surface area (Å²) in [4.78, 5) is 32.1. The van der Waals surface area contributed by atoms with Crippen molar-refractivity contribution < 1.29 is 9.59 Å². The summed E-state index contributed by atoms with van der Waals surface area (Å²) < 4.78 is 0. The summed E-state index contributed by atoms with van der Waals surface area (Å²) in [6.07, 6.45) is 3.36. The molecule has 5 heteroatoms. The van der Waals surface area contributed by atoms with Gasteiger partial charge in [0.15, 0.2) is 0 Å². The lowest BCUT2D eigenvalue weighted by molar-refractivity contribution is -0.121. The zero-order valence-electron chi connectivity index (χ0n) is 16.8. The van der Waals surface area contributed by atoms with Crippen molar-refractivity contribution in [1.82, 2.24) is 9.88 Å². The van der Waals surface area contributed by atoms with E-state index in [0.29, 0.717) is 13.1 Å². The van der Waals surface area contributed by atoms with Crippen molar-refractivity contribution in [2.45, 2.75) is 26.7 Å². The summed E-state index contributed by atoms with van der Waals surface area (Å²) >= 11 is 0. The van der Waals surface area contributed by atoms with Crippen molar-refractivity contribution in [3.63, 3.8) is 0 Å². The van der Waals surface area contributed by atoms with Crippen molar-refractivity contribution in [1.29, 1.82) is 0 Å². The average Bonchev–Trinajstić information content (AvgIpc) is 2.73. The van der Waals surface area contributed by atoms with Crippen LogP contribution in [-0.2, 0) is 4.79 Å². The number of carbonyl (C=O) groups is 2. The Labute approximate surface area is 170 Å². The number of carbonyl (C=O) groups excluding carboxylic acids is 2. The van der Waals surface area contributed by atoms with Crippen molar-refractivity contribution in [3.05, 3.63) is 71.4 Å². The number of pyridine rings is 1. The van der Waals surface area contributed by atoms with Crippen molar-refractivity contribution >= 4 is 28.4 Å². The van der Waals surface area contributed by atoms with E-state index in [1.807, 2.05) is 67.3 Å². The lowest BCUT2D eigenvalue weighted by atomic mass is 9.95. The maximum absolute atomic E-state index is 13.1. The highest BCUT2D eigenvalue weighted by atomic mass is 16.2. The number of aryl methyl sites for hydroxylation is 2. The molecular formula is C24H25N3O2. The number of rotatable bonds is 3. The fourth-order valence-corrected chi connectivity index (χ4v) is 4.07. The van der Waals surface area contributed by atoms with E-state index in [1.165, 1.54) is 0 Å². The Bertz CT molecular complexity index is 1060. The first-order chi connectivity index (χ1) is 14.0. The highest BCUT2D eigenvalue weighted by Gasteiger charge is 2.30. The third-order valence-electron chi connectivity index (χ3n) is 5.65. The van der Waals surface area contributed by atoms with Crippen LogP contribution in [0.2, 0.25) is 0 Å². The van der Waals surface area contributed by atoms with Gasteiger partial charge in [0.1, 0.15) is 0 Å². The standard InChI is InChI=1S/C24H25N3O2/c1-16-6-3-7-17(2)22(16)24(29)27-13-5-9-19(15-27)23(28)26-20-11-10-18-8-4-12-25-21(18)14-20/h3-4,6-8,10-12,14,19H,5,9,13,15H2,1-2H3,(H,26,28)/t19-/m0/s1. The molecule has 3 aromatic rings. The number of nitrogens with one attached hydrogen (secondary N) is 1. The fourth-order valence-electron chi connectivity index (χ4n) is 4.07. The summed E-state index contributed by atoms with van der Waals surface area (Å²) in [6, 6.07) is 15.5. The van der Waals surface area contributed by atoms with Gasteiger partial charge in [-0.05, 0) is 56.0 Å². The predicted molar refractivity (Wildman–Crippen MR) is 115 cm³/mol. The van der Waals surface area contributed by atoms with E-state index in [9.17, 15) is 9.59 Å². The molecule has 0 unspecified atom stereocenters. The molecule has 0 saturated carbocycles. The summed E-state index contributed by atoms with van der Waals surface area (Å²) in [5, 5.41) is 4.04. The maximum Gasteiger partial charge on any atom is 0.254 e. The summed E-state index contributed by atoms with van der Waals surface area (Å²) in [5.74, 6) is -0.233. The van der Waals surface area contributed by atoms with E-state index in [2.05, 4.69) is 10.3 Å². The van der Waals surface area contributed by atoms with Crippen LogP contribution in [0.5, 0.6) is 0 Å². The second-order valence-corrected chi connectivity index (χ2v) is 7.76. The zero-order chi connectivity index (χ0) is 20.4. The van der Waals surface area contributed by atoms with E-state index < -0.39 is 0 Å². The fraction of sp³-hybridized carbons (Fsp3) is 0.292. The minimum Gasteiger partial charge on any atom is -0.338 e. The Morgan fingerprint density at radius 3 is 2.66 bits per heavy atom. The number of benzene rings is 2. The maximum atomic E-state index is 13.1.